The van der Waals surface area contributed by atoms with Crippen LogP contribution < -0.4 is 4.57 Å². The minimum absolute atomic E-state index is 1.13. The van der Waals surface area contributed by atoms with Gasteiger partial charge in [-0.25, -0.2) is 4.57 Å². The summed E-state index contributed by atoms with van der Waals surface area (Å²) in [7, 11) is 0. The lowest BCUT2D eigenvalue weighted by atomic mass is 10.2. The van der Waals surface area contributed by atoms with Crippen LogP contribution in [0.5, 0.6) is 0 Å². The molecule has 0 amide bonds. The number of aryl methyl sites for hydroxylation is 1. The monoisotopic (exact) mass is 228 g/mol. The van der Waals surface area contributed by atoms with Crippen LogP contribution in [-0.2, 0) is 6.54 Å². The summed E-state index contributed by atoms with van der Waals surface area (Å²) >= 11 is 3.43. The zero-order chi connectivity index (χ0) is 8.65. The maximum atomic E-state index is 3.43. The molecule has 1 nitrogen and oxygen atoms in total. The second-order valence-corrected chi connectivity index (χ2v) is 3.66. The zero-order valence-electron chi connectivity index (χ0n) is 7.25. The number of hydrogen-bond donors (Lipinski definition) is 0. The third kappa shape index (κ3) is 3.86. The fraction of sp³-hybridized carbons (Fsp3) is 0.500. The van der Waals surface area contributed by atoms with Gasteiger partial charge in [0.2, 0.25) is 0 Å². The molecule has 0 saturated carbocycles. The Hall–Kier alpha value is -0.370. The second kappa shape index (κ2) is 6.18. The smallest absolute Gasteiger partial charge is 0.168 e. The first-order valence-electron chi connectivity index (χ1n) is 4.43. The SMILES string of the molecule is BrCCCCC[n+]1ccccc1. The van der Waals surface area contributed by atoms with Gasteiger partial charge in [0.1, 0.15) is 6.54 Å². The van der Waals surface area contributed by atoms with Crippen LogP contribution in [0.1, 0.15) is 19.3 Å². The molecule has 12 heavy (non-hydrogen) atoms. The van der Waals surface area contributed by atoms with Crippen LogP contribution in [0.4, 0.5) is 0 Å². The van der Waals surface area contributed by atoms with Crippen LogP contribution in [0.3, 0.4) is 0 Å². The van der Waals surface area contributed by atoms with E-state index in [2.05, 4.69) is 51.1 Å². The highest BCUT2D eigenvalue weighted by molar-refractivity contribution is 9.09. The summed E-state index contributed by atoms with van der Waals surface area (Å²) in [5, 5.41) is 1.13. The van der Waals surface area contributed by atoms with Gasteiger partial charge in [-0.1, -0.05) is 22.0 Å². The van der Waals surface area contributed by atoms with E-state index in [1.54, 1.807) is 0 Å². The molecule has 66 valence electrons. The number of hydrogen-bond acceptors (Lipinski definition) is 0. The first kappa shape index (κ1) is 9.72. The molecule has 1 rings (SSSR count). The molecule has 0 aliphatic rings. The normalized spacial score (nSPS) is 10.1. The number of unbranched alkanes of at least 4 members (excludes halogenated alkanes) is 2. The van der Waals surface area contributed by atoms with Crippen molar-refractivity contribution < 1.29 is 4.57 Å². The Morgan fingerprint density at radius 1 is 0.917 bits per heavy atom. The summed E-state index contributed by atoms with van der Waals surface area (Å²) in [6, 6.07) is 6.20. The third-order valence-corrected chi connectivity index (χ3v) is 2.39. The van der Waals surface area contributed by atoms with E-state index in [1.165, 1.54) is 19.3 Å². The molecule has 0 aliphatic carbocycles. The van der Waals surface area contributed by atoms with E-state index >= 15 is 0 Å². The van der Waals surface area contributed by atoms with Gasteiger partial charge in [-0.05, 0) is 12.8 Å². The van der Waals surface area contributed by atoms with E-state index in [0.29, 0.717) is 0 Å². The number of pyridine rings is 1. The lowest BCUT2D eigenvalue weighted by molar-refractivity contribution is -0.697. The molecular formula is C10H15BrN+. The lowest BCUT2D eigenvalue weighted by Gasteiger charge is -1.95. The van der Waals surface area contributed by atoms with Gasteiger partial charge in [0.15, 0.2) is 12.4 Å². The molecule has 0 saturated heterocycles. The van der Waals surface area contributed by atoms with Crippen LogP contribution in [0.2, 0.25) is 0 Å². The molecule has 1 aromatic rings. The fourth-order valence-corrected chi connectivity index (χ4v) is 1.55. The summed E-state index contributed by atoms with van der Waals surface area (Å²) in [5.74, 6) is 0. The fourth-order valence-electron chi connectivity index (χ4n) is 1.15. The summed E-state index contributed by atoms with van der Waals surface area (Å²) < 4.78 is 2.23. The minimum atomic E-state index is 1.13. The van der Waals surface area contributed by atoms with Gasteiger partial charge in [-0.15, -0.1) is 0 Å². The van der Waals surface area contributed by atoms with E-state index in [9.17, 15) is 0 Å². The number of rotatable bonds is 5. The van der Waals surface area contributed by atoms with Crippen molar-refractivity contribution in [2.45, 2.75) is 25.8 Å². The van der Waals surface area contributed by atoms with E-state index < -0.39 is 0 Å². The molecule has 2 heteroatoms. The first-order valence-corrected chi connectivity index (χ1v) is 5.55. The van der Waals surface area contributed by atoms with Crippen molar-refractivity contribution >= 4 is 15.9 Å². The molecule has 0 atom stereocenters. The largest absolute Gasteiger partial charge is 0.205 e. The predicted octanol–water partition coefficient (Wildman–Crippen LogP) is 2.54. The van der Waals surface area contributed by atoms with Crippen LogP contribution in [0.15, 0.2) is 30.6 Å². The number of nitrogens with zero attached hydrogens (tertiary/aromatic N) is 1. The average Bonchev–Trinajstić information content (AvgIpc) is 2.14. The average molecular weight is 229 g/mol. The Kier molecular flexibility index (Phi) is 5.00. The maximum absolute atomic E-state index is 3.43. The molecule has 0 fully saturated rings. The number of aromatic nitrogens is 1. The molecule has 0 spiro atoms. The molecule has 1 heterocycles. The zero-order valence-corrected chi connectivity index (χ0v) is 8.83. The minimum Gasteiger partial charge on any atom is -0.205 e. The van der Waals surface area contributed by atoms with Gasteiger partial charge in [0, 0.05) is 23.9 Å². The van der Waals surface area contributed by atoms with Crippen LogP contribution in [0, 0.1) is 0 Å². The van der Waals surface area contributed by atoms with Crippen molar-refractivity contribution in [1.29, 1.82) is 0 Å². The van der Waals surface area contributed by atoms with Gasteiger partial charge < -0.3 is 0 Å². The molecule has 0 aliphatic heterocycles. The summed E-state index contributed by atoms with van der Waals surface area (Å²) in [6.45, 7) is 1.15. The van der Waals surface area contributed by atoms with Gasteiger partial charge >= 0.3 is 0 Å². The molecule has 0 radical (unpaired) electrons. The Morgan fingerprint density at radius 3 is 2.33 bits per heavy atom. The molecule has 0 N–H and O–H groups in total. The van der Waals surface area contributed by atoms with Gasteiger partial charge in [0.05, 0.1) is 0 Å². The highest BCUT2D eigenvalue weighted by Crippen LogP contribution is 1.97. The molecule has 0 unspecified atom stereocenters. The van der Waals surface area contributed by atoms with Crippen molar-refractivity contribution in [1.82, 2.24) is 0 Å². The number of alkyl halides is 1. The van der Waals surface area contributed by atoms with Crippen LogP contribution >= 0.6 is 15.9 Å². The van der Waals surface area contributed by atoms with Crippen molar-refractivity contribution in [3.63, 3.8) is 0 Å². The topological polar surface area (TPSA) is 3.88 Å². The Bertz CT molecular complexity index is 198. The highest BCUT2D eigenvalue weighted by atomic mass is 79.9. The highest BCUT2D eigenvalue weighted by Gasteiger charge is 1.96. The summed E-state index contributed by atoms with van der Waals surface area (Å²) in [5.41, 5.74) is 0. The molecule has 1 aromatic heterocycles. The summed E-state index contributed by atoms with van der Waals surface area (Å²) in [6.07, 6.45) is 8.11. The summed E-state index contributed by atoms with van der Waals surface area (Å²) in [4.78, 5) is 0. The van der Waals surface area contributed by atoms with E-state index in [0.717, 1.165) is 11.9 Å². The van der Waals surface area contributed by atoms with E-state index in [1.807, 2.05) is 0 Å². The first-order chi connectivity index (χ1) is 5.93. The van der Waals surface area contributed by atoms with Gasteiger partial charge in [-0.2, -0.15) is 0 Å². The third-order valence-electron chi connectivity index (χ3n) is 1.83. The van der Waals surface area contributed by atoms with Gasteiger partial charge in [0.25, 0.3) is 0 Å². The van der Waals surface area contributed by atoms with Crippen molar-refractivity contribution in [2.24, 2.45) is 0 Å². The van der Waals surface area contributed by atoms with Gasteiger partial charge in [-0.3, -0.25) is 0 Å². The van der Waals surface area contributed by atoms with Crippen molar-refractivity contribution in [3.8, 4) is 0 Å². The lowest BCUT2D eigenvalue weighted by Crippen LogP contribution is -2.32. The predicted molar refractivity (Wildman–Crippen MR) is 54.3 cm³/mol. The van der Waals surface area contributed by atoms with E-state index in [-0.39, 0.29) is 0 Å². The number of halogens is 1. The molecule has 0 bridgehead atoms. The second-order valence-electron chi connectivity index (χ2n) is 2.86. The van der Waals surface area contributed by atoms with Crippen molar-refractivity contribution in [3.05, 3.63) is 30.6 Å². The Labute approximate surface area is 82.6 Å². The Balaban J connectivity index is 2.16. The van der Waals surface area contributed by atoms with Crippen LogP contribution in [-0.4, -0.2) is 5.33 Å². The van der Waals surface area contributed by atoms with Crippen molar-refractivity contribution in [2.75, 3.05) is 5.33 Å². The quantitative estimate of drug-likeness (QED) is 0.415. The molecular weight excluding hydrogens is 214 g/mol. The molecule has 0 aromatic carbocycles. The van der Waals surface area contributed by atoms with E-state index in [4.69, 9.17) is 0 Å². The Morgan fingerprint density at radius 2 is 1.67 bits per heavy atom. The standard InChI is InChI=1S/C10H15BrN/c11-7-3-1-4-8-12-9-5-2-6-10-12/h2,5-6,9-10H,1,3-4,7-8H2/q+1. The van der Waals surface area contributed by atoms with Crippen LogP contribution in [0.25, 0.3) is 0 Å². The maximum Gasteiger partial charge on any atom is 0.168 e.